The Morgan fingerprint density at radius 2 is 1.26 bits per heavy atom. The molecule has 0 bridgehead atoms. The zero-order valence-electron chi connectivity index (χ0n) is 21.5. The molecule has 0 amide bonds. The van der Waals surface area contributed by atoms with E-state index in [9.17, 15) is 5.11 Å². The largest absolute Gasteiger partial charge is 0.387 e. The molecule has 2 aromatic rings. The van der Waals surface area contributed by atoms with E-state index in [-0.39, 0.29) is 22.2 Å². The number of nitrogens with zero attached hydrogens (tertiary/aromatic N) is 4. The first kappa shape index (κ1) is 25.4. The molecular formula is C26H42N4O. The fourth-order valence-corrected chi connectivity index (χ4v) is 3.92. The molecular weight excluding hydrogens is 384 g/mol. The third-order valence-corrected chi connectivity index (χ3v) is 6.19. The van der Waals surface area contributed by atoms with Crippen LogP contribution in [0, 0.1) is 6.92 Å². The van der Waals surface area contributed by atoms with Crippen LogP contribution in [0.2, 0.25) is 0 Å². The molecule has 0 aromatic carbocycles. The fraction of sp³-hybridized carbons (Fsp3) is 0.692. The van der Waals surface area contributed by atoms with Crippen molar-refractivity contribution in [1.82, 2.24) is 19.9 Å². The number of aromatic nitrogens is 4. The average molecular weight is 427 g/mol. The molecule has 0 radical (unpaired) electrons. The van der Waals surface area contributed by atoms with Crippen LogP contribution in [0.25, 0.3) is 0 Å². The van der Waals surface area contributed by atoms with Gasteiger partial charge in [-0.1, -0.05) is 62.3 Å². The molecule has 2 aromatic heterocycles. The highest BCUT2D eigenvalue weighted by molar-refractivity contribution is 5.25. The minimum absolute atomic E-state index is 0.00981. The summed E-state index contributed by atoms with van der Waals surface area (Å²) in [5.41, 5.74) is 5.30. The number of aliphatic hydroxyl groups excluding tert-OH is 1. The molecule has 1 atom stereocenters. The predicted molar refractivity (Wildman–Crippen MR) is 128 cm³/mol. The van der Waals surface area contributed by atoms with Gasteiger partial charge in [0.15, 0.2) is 0 Å². The molecule has 31 heavy (non-hydrogen) atoms. The monoisotopic (exact) mass is 426 g/mol. The maximum atomic E-state index is 10.2. The third kappa shape index (κ3) is 5.88. The van der Waals surface area contributed by atoms with E-state index in [4.69, 9.17) is 15.0 Å². The minimum Gasteiger partial charge on any atom is -0.387 e. The average Bonchev–Trinajstić information content (AvgIpc) is 2.64. The smallest absolute Gasteiger partial charge is 0.0950 e. The van der Waals surface area contributed by atoms with Crippen molar-refractivity contribution < 1.29 is 5.11 Å². The van der Waals surface area contributed by atoms with E-state index >= 15 is 0 Å². The van der Waals surface area contributed by atoms with Gasteiger partial charge >= 0.3 is 0 Å². The summed E-state index contributed by atoms with van der Waals surface area (Å²) in [6, 6.07) is 0. The van der Waals surface area contributed by atoms with Gasteiger partial charge in [-0.25, -0.2) is 0 Å². The number of rotatable bonds is 7. The number of aliphatic hydroxyl groups is 1. The van der Waals surface area contributed by atoms with Crippen LogP contribution in [0.15, 0.2) is 12.4 Å². The lowest BCUT2D eigenvalue weighted by atomic mass is 9.76. The minimum atomic E-state index is -0.628. The fourth-order valence-electron chi connectivity index (χ4n) is 3.92. The van der Waals surface area contributed by atoms with Crippen LogP contribution in [-0.2, 0) is 16.2 Å². The summed E-state index contributed by atoms with van der Waals surface area (Å²) in [4.78, 5) is 19.2. The Labute approximate surface area is 189 Å². The molecule has 0 spiro atoms. The second-order valence-electron chi connectivity index (χ2n) is 11.6. The molecule has 1 unspecified atom stereocenters. The van der Waals surface area contributed by atoms with E-state index in [0.717, 1.165) is 41.3 Å². The Bertz CT molecular complexity index is 908. The second-order valence-corrected chi connectivity index (χ2v) is 11.6. The molecule has 0 saturated heterocycles. The number of hydrogen-bond donors (Lipinski definition) is 1. The highest BCUT2D eigenvalue weighted by Crippen LogP contribution is 2.36. The number of aryl methyl sites for hydroxylation is 1. The molecule has 172 valence electrons. The van der Waals surface area contributed by atoms with Crippen LogP contribution in [-0.4, -0.2) is 25.0 Å². The van der Waals surface area contributed by atoms with Gasteiger partial charge < -0.3 is 5.11 Å². The van der Waals surface area contributed by atoms with Gasteiger partial charge in [0.05, 0.1) is 40.3 Å². The van der Waals surface area contributed by atoms with E-state index in [0.29, 0.717) is 5.69 Å². The molecule has 0 aliphatic heterocycles. The number of hydrogen-bond acceptors (Lipinski definition) is 5. The predicted octanol–water partition coefficient (Wildman–Crippen LogP) is 6.08. The van der Waals surface area contributed by atoms with Crippen molar-refractivity contribution in [2.75, 3.05) is 0 Å². The Morgan fingerprint density at radius 1 is 0.774 bits per heavy atom. The molecule has 0 saturated carbocycles. The molecule has 0 aliphatic carbocycles. The molecule has 5 heteroatoms. The third-order valence-electron chi connectivity index (χ3n) is 6.19. The van der Waals surface area contributed by atoms with Gasteiger partial charge in [-0.15, -0.1) is 0 Å². The van der Waals surface area contributed by atoms with Crippen molar-refractivity contribution in [3.8, 4) is 0 Å². The van der Waals surface area contributed by atoms with Crippen molar-refractivity contribution >= 4 is 0 Å². The lowest BCUT2D eigenvalue weighted by Gasteiger charge is -2.31. The Kier molecular flexibility index (Phi) is 7.31. The normalized spacial score (nSPS) is 14.2. The van der Waals surface area contributed by atoms with Gasteiger partial charge in [0.25, 0.3) is 0 Å². The molecule has 0 aliphatic rings. The van der Waals surface area contributed by atoms with Crippen LogP contribution in [0.4, 0.5) is 0 Å². The Hall–Kier alpha value is -1.88. The summed E-state index contributed by atoms with van der Waals surface area (Å²) in [5.74, 6) is 0.228. The molecule has 2 heterocycles. The van der Waals surface area contributed by atoms with E-state index in [2.05, 4.69) is 74.2 Å². The van der Waals surface area contributed by atoms with Crippen LogP contribution in [0.3, 0.4) is 0 Å². The first-order valence-electron chi connectivity index (χ1n) is 11.5. The highest BCUT2D eigenvalue weighted by atomic mass is 16.3. The standard InChI is InChI=1S/C26H42N4O/c1-16(2)21-22(18(4)31)30-20(14-27-21)26(10,11)13-12-25(8,9)19-15-28-23(17(3)29-19)24(5,6)7/h14-16,18,31H,12-13H2,1-11H3. The summed E-state index contributed by atoms with van der Waals surface area (Å²) in [6.07, 6.45) is 5.08. The highest BCUT2D eigenvalue weighted by Gasteiger charge is 2.31. The molecule has 0 fully saturated rings. The topological polar surface area (TPSA) is 71.8 Å². The summed E-state index contributed by atoms with van der Waals surface area (Å²) >= 11 is 0. The van der Waals surface area contributed by atoms with Crippen LogP contribution in [0.1, 0.15) is 128 Å². The first-order valence-corrected chi connectivity index (χ1v) is 11.5. The van der Waals surface area contributed by atoms with Crippen molar-refractivity contribution in [2.24, 2.45) is 0 Å². The zero-order chi connectivity index (χ0) is 23.8. The van der Waals surface area contributed by atoms with Crippen LogP contribution >= 0.6 is 0 Å². The van der Waals surface area contributed by atoms with Gasteiger partial charge in [0, 0.05) is 28.6 Å². The van der Waals surface area contributed by atoms with Crippen molar-refractivity contribution in [3.05, 3.63) is 46.6 Å². The lowest BCUT2D eigenvalue weighted by molar-refractivity contribution is 0.191. The quantitative estimate of drug-likeness (QED) is 0.580. The Morgan fingerprint density at radius 3 is 1.68 bits per heavy atom. The van der Waals surface area contributed by atoms with Gasteiger partial charge in [0.2, 0.25) is 0 Å². The molecule has 2 rings (SSSR count). The van der Waals surface area contributed by atoms with Gasteiger partial charge in [-0.2, -0.15) is 0 Å². The summed E-state index contributed by atoms with van der Waals surface area (Å²) in [6.45, 7) is 23.4. The maximum Gasteiger partial charge on any atom is 0.0950 e. The summed E-state index contributed by atoms with van der Waals surface area (Å²) < 4.78 is 0. The summed E-state index contributed by atoms with van der Waals surface area (Å²) in [5, 5.41) is 10.2. The summed E-state index contributed by atoms with van der Waals surface area (Å²) in [7, 11) is 0. The van der Waals surface area contributed by atoms with Crippen molar-refractivity contribution in [1.29, 1.82) is 0 Å². The maximum absolute atomic E-state index is 10.2. The van der Waals surface area contributed by atoms with Crippen LogP contribution in [0.5, 0.6) is 0 Å². The lowest BCUT2D eigenvalue weighted by Crippen LogP contribution is -2.28. The Balaban J connectivity index is 2.26. The van der Waals surface area contributed by atoms with E-state index in [1.54, 1.807) is 6.92 Å². The SMILES string of the molecule is Cc1nc(C(C)(C)CCC(C)(C)c2cnc(C(C)C)c(C(C)O)n2)cnc1C(C)(C)C. The molecule has 5 nitrogen and oxygen atoms in total. The van der Waals surface area contributed by atoms with Crippen molar-refractivity contribution in [3.63, 3.8) is 0 Å². The molecule has 1 N–H and O–H groups in total. The van der Waals surface area contributed by atoms with E-state index in [1.807, 2.05) is 12.4 Å². The second kappa shape index (κ2) is 8.93. The van der Waals surface area contributed by atoms with Crippen LogP contribution < -0.4 is 0 Å². The van der Waals surface area contributed by atoms with Gasteiger partial charge in [-0.05, 0) is 32.6 Å². The van der Waals surface area contributed by atoms with Gasteiger partial charge in [0.1, 0.15) is 0 Å². The van der Waals surface area contributed by atoms with E-state index < -0.39 is 6.10 Å². The zero-order valence-corrected chi connectivity index (χ0v) is 21.5. The van der Waals surface area contributed by atoms with Crippen molar-refractivity contribution in [2.45, 2.75) is 117 Å². The first-order chi connectivity index (χ1) is 14.1. The van der Waals surface area contributed by atoms with Gasteiger partial charge in [-0.3, -0.25) is 19.9 Å². The van der Waals surface area contributed by atoms with E-state index in [1.165, 1.54) is 0 Å².